The van der Waals surface area contributed by atoms with Crippen LogP contribution in [0.15, 0.2) is 125 Å². The van der Waals surface area contributed by atoms with Crippen molar-refractivity contribution in [1.82, 2.24) is 0 Å². The van der Waals surface area contributed by atoms with Crippen LogP contribution in [-0.2, 0) is 40.5 Å². The van der Waals surface area contributed by atoms with Crippen molar-refractivity contribution in [1.29, 1.82) is 0 Å². The molecule has 0 fully saturated rings. The van der Waals surface area contributed by atoms with Crippen LogP contribution in [0.4, 0.5) is 34.1 Å². The number of rotatable bonds is 9. The van der Waals surface area contributed by atoms with Crippen LogP contribution in [-0.4, -0.2) is 62.1 Å². The zero-order chi connectivity index (χ0) is 41.1. The number of anilines is 2. The molecule has 0 heterocycles. The van der Waals surface area contributed by atoms with Gasteiger partial charge in [0.25, 0.3) is 40.5 Å². The standard InChI is InChI=1S/C32H24N6O14S4.Na/c33-23-13-21(53(41,42)43)9-17-11-25(55(47,48)49)29(31(39)27(17)23)37-35-19-5-1-15(2-6-19)16-3-7-20(8-4-16)36-38-30-26(56(50,51)52)12-18-10-22(54(44,45)46)14-24(34)28(18)32(30)40;/h1-14,39-40H,33-34H2,(H,41,42,43)(H,44,45,46)(H,47,48,49)(H,50,51,52);/q;+1. The van der Waals surface area contributed by atoms with Crippen molar-refractivity contribution in [3.8, 4) is 22.6 Å². The molecule has 0 aliphatic rings. The molecule has 0 spiro atoms. The third kappa shape index (κ3) is 8.90. The van der Waals surface area contributed by atoms with E-state index in [0.717, 1.165) is 36.4 Å². The Morgan fingerprint density at radius 1 is 0.439 bits per heavy atom. The zero-order valence-electron chi connectivity index (χ0n) is 28.6. The molecule has 20 nitrogen and oxygen atoms in total. The van der Waals surface area contributed by atoms with Crippen molar-refractivity contribution < 1.29 is 91.7 Å². The number of nitrogens with zero attached hydrogens (tertiary/aromatic N) is 4. The van der Waals surface area contributed by atoms with E-state index in [2.05, 4.69) is 20.5 Å². The fraction of sp³-hybridized carbons (Fsp3) is 0. The quantitative estimate of drug-likeness (QED) is 0.0448. The molecule has 57 heavy (non-hydrogen) atoms. The van der Waals surface area contributed by atoms with Gasteiger partial charge in [-0.1, -0.05) is 24.3 Å². The van der Waals surface area contributed by atoms with Crippen LogP contribution >= 0.6 is 0 Å². The number of aromatic hydroxyl groups is 2. The topological polar surface area (TPSA) is 359 Å². The van der Waals surface area contributed by atoms with Gasteiger partial charge in [-0.25, -0.2) is 0 Å². The third-order valence-corrected chi connectivity index (χ3v) is 11.5. The molecule has 10 N–H and O–H groups in total. The second-order valence-electron chi connectivity index (χ2n) is 11.8. The molecule has 0 radical (unpaired) electrons. The summed E-state index contributed by atoms with van der Waals surface area (Å²) in [6.45, 7) is 0. The van der Waals surface area contributed by atoms with Crippen LogP contribution < -0.4 is 41.0 Å². The Labute approximate surface area is 344 Å². The van der Waals surface area contributed by atoms with Gasteiger partial charge in [0.05, 0.1) is 21.2 Å². The van der Waals surface area contributed by atoms with E-state index in [1.54, 1.807) is 24.3 Å². The Morgan fingerprint density at radius 2 is 0.754 bits per heavy atom. The summed E-state index contributed by atoms with van der Waals surface area (Å²) in [5, 5.41) is 36.3. The summed E-state index contributed by atoms with van der Waals surface area (Å²) in [6, 6.07) is 17.2. The number of nitrogens with two attached hydrogens (primary N) is 2. The number of phenolic OH excluding ortho intramolecular Hbond substituents is 2. The van der Waals surface area contributed by atoms with E-state index in [1.807, 2.05) is 0 Å². The molecule has 0 amide bonds. The van der Waals surface area contributed by atoms with Gasteiger partial charge < -0.3 is 21.7 Å². The maximum atomic E-state index is 12.2. The molecule has 0 saturated carbocycles. The molecule has 0 aromatic heterocycles. The number of phenols is 2. The van der Waals surface area contributed by atoms with E-state index in [-0.39, 0.29) is 73.9 Å². The predicted molar refractivity (Wildman–Crippen MR) is 200 cm³/mol. The average molecular weight is 868 g/mol. The normalized spacial score (nSPS) is 12.8. The van der Waals surface area contributed by atoms with Crippen molar-refractivity contribution in [2.45, 2.75) is 19.6 Å². The van der Waals surface area contributed by atoms with Crippen molar-refractivity contribution in [2.24, 2.45) is 20.5 Å². The molecule has 0 aliphatic carbocycles. The largest absolute Gasteiger partial charge is 1.00 e. The second-order valence-corrected chi connectivity index (χ2v) is 17.4. The Bertz CT molecular complexity index is 2950. The summed E-state index contributed by atoms with van der Waals surface area (Å²) in [5.74, 6) is -1.70. The van der Waals surface area contributed by atoms with Crippen molar-refractivity contribution in [3.63, 3.8) is 0 Å². The number of nitrogen functional groups attached to an aromatic ring is 2. The Hall–Kier alpha value is -5.12. The molecule has 6 aromatic carbocycles. The van der Waals surface area contributed by atoms with E-state index in [0.29, 0.717) is 11.1 Å². The first-order valence-corrected chi connectivity index (χ1v) is 20.8. The minimum atomic E-state index is -5.07. The van der Waals surface area contributed by atoms with Crippen LogP contribution in [0.1, 0.15) is 0 Å². The summed E-state index contributed by atoms with van der Waals surface area (Å²) in [5.41, 5.74) is 11.1. The summed E-state index contributed by atoms with van der Waals surface area (Å²) in [7, 11) is -19.7. The van der Waals surface area contributed by atoms with Crippen LogP contribution in [0.5, 0.6) is 11.5 Å². The molecule has 25 heteroatoms. The van der Waals surface area contributed by atoms with E-state index < -0.39 is 82.9 Å². The predicted octanol–water partition coefficient (Wildman–Crippen LogP) is 3.06. The van der Waals surface area contributed by atoms with Gasteiger partial charge in [-0.05, 0) is 82.6 Å². The molecular formula is C32H24N6NaO14S4+. The molecule has 6 aromatic rings. The minimum absolute atomic E-state index is 0. The Balaban J connectivity index is 0.00000620. The van der Waals surface area contributed by atoms with E-state index >= 15 is 0 Å². The Kier molecular flexibility index (Phi) is 11.6. The first kappa shape index (κ1) is 43.0. The Morgan fingerprint density at radius 3 is 1.04 bits per heavy atom. The molecule has 0 saturated heterocycles. The zero-order valence-corrected chi connectivity index (χ0v) is 33.9. The number of hydrogen-bond donors (Lipinski definition) is 8. The van der Waals surface area contributed by atoms with E-state index in [4.69, 9.17) is 11.5 Å². The average Bonchev–Trinajstić information content (AvgIpc) is 3.09. The first-order chi connectivity index (χ1) is 25.9. The summed E-state index contributed by atoms with van der Waals surface area (Å²) in [4.78, 5) is -3.26. The van der Waals surface area contributed by atoms with Gasteiger partial charge >= 0.3 is 29.6 Å². The first-order valence-electron chi connectivity index (χ1n) is 15.1. The van der Waals surface area contributed by atoms with Crippen LogP contribution in [0.3, 0.4) is 0 Å². The van der Waals surface area contributed by atoms with Crippen LogP contribution in [0.25, 0.3) is 32.7 Å². The van der Waals surface area contributed by atoms with E-state index in [1.165, 1.54) is 24.3 Å². The fourth-order valence-corrected chi connectivity index (χ4v) is 7.94. The molecular weight excluding hydrogens is 844 g/mol. The third-order valence-electron chi connectivity index (χ3n) is 8.06. The van der Waals surface area contributed by atoms with E-state index in [9.17, 15) is 62.1 Å². The van der Waals surface area contributed by atoms with Crippen LogP contribution in [0, 0.1) is 0 Å². The van der Waals surface area contributed by atoms with Gasteiger partial charge in [0, 0.05) is 22.1 Å². The number of benzene rings is 6. The molecule has 0 bridgehead atoms. The molecule has 0 aliphatic heterocycles. The van der Waals surface area contributed by atoms with Gasteiger partial charge in [0.1, 0.15) is 21.2 Å². The molecule has 0 atom stereocenters. The second kappa shape index (κ2) is 15.3. The van der Waals surface area contributed by atoms with Crippen LogP contribution in [0.2, 0.25) is 0 Å². The summed E-state index contributed by atoms with van der Waals surface area (Å²) < 4.78 is 134. The summed E-state index contributed by atoms with van der Waals surface area (Å²) in [6.07, 6.45) is 0. The van der Waals surface area contributed by atoms with Gasteiger partial charge in [-0.2, -0.15) is 43.9 Å². The SMILES string of the molecule is Nc1cc(S(=O)(=O)O)cc2cc(S(=O)(=O)O)c(N=Nc3ccc(-c4ccc(N=Nc5c(S(=O)(=O)O)cc6cc(S(=O)(=O)O)cc(N)c6c5O)cc4)cc3)c(O)c12.[Na+]. The fourth-order valence-electron chi connectivity index (χ4n) is 5.52. The molecule has 6 rings (SSSR count). The van der Waals surface area contributed by atoms with Crippen molar-refractivity contribution >= 4 is 96.1 Å². The van der Waals surface area contributed by atoms with Crippen molar-refractivity contribution in [3.05, 3.63) is 84.9 Å². The molecule has 0 unspecified atom stereocenters. The maximum Gasteiger partial charge on any atom is 1.00 e. The number of azo groups is 2. The van der Waals surface area contributed by atoms with Gasteiger partial charge in [-0.15, -0.1) is 10.2 Å². The smallest absolute Gasteiger partial charge is 0.505 e. The van der Waals surface area contributed by atoms with Gasteiger partial charge in [0.15, 0.2) is 11.5 Å². The molecule has 290 valence electrons. The number of hydrogen-bond acceptors (Lipinski definition) is 16. The monoisotopic (exact) mass is 867 g/mol. The number of fused-ring (bicyclic) bond motifs is 2. The minimum Gasteiger partial charge on any atom is -0.505 e. The maximum absolute atomic E-state index is 12.2. The van der Waals surface area contributed by atoms with Gasteiger partial charge in [0.2, 0.25) is 0 Å². The van der Waals surface area contributed by atoms with Crippen molar-refractivity contribution in [2.75, 3.05) is 11.5 Å². The van der Waals surface area contributed by atoms with Gasteiger partial charge in [-0.3, -0.25) is 18.2 Å². The summed E-state index contributed by atoms with van der Waals surface area (Å²) >= 11 is 0.